The first-order chi connectivity index (χ1) is 8.95. The van der Waals surface area contributed by atoms with Crippen LogP contribution in [0.25, 0.3) is 0 Å². The van der Waals surface area contributed by atoms with Gasteiger partial charge in [0.15, 0.2) is 0 Å². The molecule has 7 heteroatoms. The maximum Gasteiger partial charge on any atom is 0.334 e. The lowest BCUT2D eigenvalue weighted by atomic mass is 10.1. The number of hydrogen-bond acceptors (Lipinski definition) is 5. The number of amides is 3. The zero-order valence-corrected chi connectivity index (χ0v) is 11.1. The average Bonchev–Trinajstić information content (AvgIpc) is 2.56. The number of hydroxylamine groups is 2. The van der Waals surface area contributed by atoms with Gasteiger partial charge in [-0.2, -0.15) is 0 Å². The number of nitrogens with one attached hydrogen (secondary N) is 1. The van der Waals surface area contributed by atoms with Crippen molar-refractivity contribution >= 4 is 23.7 Å². The minimum Gasteiger partial charge on any atom is -0.356 e. The number of imide groups is 1. The molecule has 19 heavy (non-hydrogen) atoms. The van der Waals surface area contributed by atoms with E-state index in [0.29, 0.717) is 11.5 Å². The Hall–Kier alpha value is -1.92. The highest BCUT2D eigenvalue weighted by atomic mass is 16.7. The number of carbonyl (C=O) groups is 4. The van der Waals surface area contributed by atoms with E-state index in [1.165, 1.54) is 0 Å². The van der Waals surface area contributed by atoms with Crippen molar-refractivity contribution in [1.29, 1.82) is 0 Å². The van der Waals surface area contributed by atoms with Crippen molar-refractivity contribution in [2.75, 3.05) is 6.54 Å². The van der Waals surface area contributed by atoms with Crippen LogP contribution in [0, 0.1) is 5.92 Å². The minimum atomic E-state index is -0.715. The summed E-state index contributed by atoms with van der Waals surface area (Å²) in [4.78, 5) is 50.1. The quantitative estimate of drug-likeness (QED) is 0.693. The van der Waals surface area contributed by atoms with Gasteiger partial charge >= 0.3 is 5.97 Å². The summed E-state index contributed by atoms with van der Waals surface area (Å²) in [6, 6.07) is 0. The summed E-state index contributed by atoms with van der Waals surface area (Å²) in [6.07, 6.45) is 1.10. The first-order valence-corrected chi connectivity index (χ1v) is 6.30. The van der Waals surface area contributed by atoms with Gasteiger partial charge in [0, 0.05) is 25.3 Å². The summed E-state index contributed by atoms with van der Waals surface area (Å²) in [6.45, 7) is 3.60. The van der Waals surface area contributed by atoms with Gasteiger partial charge in [0.2, 0.25) is 5.91 Å². The van der Waals surface area contributed by atoms with Gasteiger partial charge in [0.25, 0.3) is 11.8 Å². The Morgan fingerprint density at radius 1 is 1.37 bits per heavy atom. The molecule has 1 fully saturated rings. The molecule has 7 nitrogen and oxygen atoms in total. The molecule has 0 aliphatic carbocycles. The van der Waals surface area contributed by atoms with Crippen LogP contribution in [0.3, 0.4) is 0 Å². The molecular weight excluding hydrogens is 252 g/mol. The zero-order chi connectivity index (χ0) is 14.4. The SMILES string of the molecule is CCCC(=O)NCCC(=O)ON1C(=O)CC(C)C1=O. The van der Waals surface area contributed by atoms with E-state index < -0.39 is 23.7 Å². The average molecular weight is 270 g/mol. The molecule has 0 aromatic carbocycles. The molecule has 1 aliphatic rings. The van der Waals surface area contributed by atoms with E-state index >= 15 is 0 Å². The van der Waals surface area contributed by atoms with Crippen LogP contribution < -0.4 is 5.32 Å². The highest BCUT2D eigenvalue weighted by molar-refractivity contribution is 6.02. The third kappa shape index (κ3) is 4.35. The molecule has 106 valence electrons. The molecule has 0 bridgehead atoms. The van der Waals surface area contributed by atoms with Crippen LogP contribution in [-0.2, 0) is 24.0 Å². The van der Waals surface area contributed by atoms with Gasteiger partial charge in [0.05, 0.1) is 6.42 Å². The zero-order valence-electron chi connectivity index (χ0n) is 11.1. The topological polar surface area (TPSA) is 92.8 Å². The van der Waals surface area contributed by atoms with E-state index in [1.807, 2.05) is 6.92 Å². The maximum absolute atomic E-state index is 11.5. The molecule has 1 aliphatic heterocycles. The van der Waals surface area contributed by atoms with Crippen LogP contribution in [-0.4, -0.2) is 35.3 Å². The van der Waals surface area contributed by atoms with E-state index in [1.54, 1.807) is 6.92 Å². The second-order valence-corrected chi connectivity index (χ2v) is 4.44. The van der Waals surface area contributed by atoms with Crippen molar-refractivity contribution in [3.05, 3.63) is 0 Å². The van der Waals surface area contributed by atoms with Crippen molar-refractivity contribution < 1.29 is 24.0 Å². The Morgan fingerprint density at radius 2 is 2.05 bits per heavy atom. The van der Waals surface area contributed by atoms with E-state index in [0.717, 1.165) is 6.42 Å². The number of carbonyl (C=O) groups excluding carboxylic acids is 4. The van der Waals surface area contributed by atoms with Crippen LogP contribution in [0.2, 0.25) is 0 Å². The first kappa shape index (κ1) is 15.1. The smallest absolute Gasteiger partial charge is 0.334 e. The minimum absolute atomic E-state index is 0.0549. The van der Waals surface area contributed by atoms with Gasteiger partial charge in [-0.25, -0.2) is 4.79 Å². The van der Waals surface area contributed by atoms with E-state index in [9.17, 15) is 19.2 Å². The number of rotatable bonds is 6. The van der Waals surface area contributed by atoms with Gasteiger partial charge in [-0.3, -0.25) is 14.4 Å². The monoisotopic (exact) mass is 270 g/mol. The molecule has 1 unspecified atom stereocenters. The predicted octanol–water partition coefficient (Wildman–Crippen LogP) is 0.146. The van der Waals surface area contributed by atoms with Crippen LogP contribution in [0.15, 0.2) is 0 Å². The van der Waals surface area contributed by atoms with Gasteiger partial charge in [-0.1, -0.05) is 13.8 Å². The van der Waals surface area contributed by atoms with Gasteiger partial charge < -0.3 is 10.2 Å². The lowest BCUT2D eigenvalue weighted by molar-refractivity contribution is -0.198. The lowest BCUT2D eigenvalue weighted by Crippen LogP contribution is -2.34. The van der Waals surface area contributed by atoms with Gasteiger partial charge in [0.1, 0.15) is 0 Å². The lowest BCUT2D eigenvalue weighted by Gasteiger charge is -2.13. The van der Waals surface area contributed by atoms with Gasteiger partial charge in [-0.15, -0.1) is 5.06 Å². The molecular formula is C12H18N2O5. The van der Waals surface area contributed by atoms with Crippen molar-refractivity contribution in [3.8, 4) is 0 Å². The van der Waals surface area contributed by atoms with Crippen LogP contribution in [0.4, 0.5) is 0 Å². The second-order valence-electron chi connectivity index (χ2n) is 4.44. The summed E-state index contributed by atoms with van der Waals surface area (Å²) in [5.74, 6) is -2.33. The molecule has 0 radical (unpaired) electrons. The Bertz CT molecular complexity index is 394. The van der Waals surface area contributed by atoms with Crippen LogP contribution >= 0.6 is 0 Å². The molecule has 1 heterocycles. The molecule has 1 atom stereocenters. The Labute approximate surface area is 111 Å². The van der Waals surface area contributed by atoms with Crippen LogP contribution in [0.5, 0.6) is 0 Å². The van der Waals surface area contributed by atoms with E-state index in [2.05, 4.69) is 5.32 Å². The third-order valence-corrected chi connectivity index (χ3v) is 2.65. The van der Waals surface area contributed by atoms with Crippen LogP contribution in [0.1, 0.15) is 39.5 Å². The normalized spacial score (nSPS) is 18.6. The van der Waals surface area contributed by atoms with Crippen molar-refractivity contribution in [2.24, 2.45) is 5.92 Å². The summed E-state index contributed by atoms with van der Waals surface area (Å²) in [7, 11) is 0. The molecule has 1 N–H and O–H groups in total. The second kappa shape index (κ2) is 6.86. The van der Waals surface area contributed by atoms with E-state index in [4.69, 9.17) is 4.84 Å². The Kier molecular flexibility index (Phi) is 5.47. The summed E-state index contributed by atoms with van der Waals surface area (Å²) >= 11 is 0. The predicted molar refractivity (Wildman–Crippen MR) is 64.3 cm³/mol. The van der Waals surface area contributed by atoms with Gasteiger partial charge in [-0.05, 0) is 6.42 Å². The molecule has 3 amide bonds. The molecule has 0 aromatic rings. The molecule has 0 saturated carbocycles. The fourth-order valence-electron chi connectivity index (χ4n) is 1.62. The molecule has 1 rings (SSSR count). The largest absolute Gasteiger partial charge is 0.356 e. The standard InChI is InChI=1S/C12H18N2O5/c1-3-4-9(15)13-6-5-11(17)19-14-10(16)7-8(2)12(14)18/h8H,3-7H2,1-2H3,(H,13,15). The fraction of sp³-hybridized carbons (Fsp3) is 0.667. The number of hydrogen-bond donors (Lipinski definition) is 1. The fourth-order valence-corrected chi connectivity index (χ4v) is 1.62. The summed E-state index contributed by atoms with van der Waals surface area (Å²) in [5, 5.41) is 3.06. The summed E-state index contributed by atoms with van der Waals surface area (Å²) < 4.78 is 0. The summed E-state index contributed by atoms with van der Waals surface area (Å²) in [5.41, 5.74) is 0. The first-order valence-electron chi connectivity index (χ1n) is 6.30. The molecule has 0 aromatic heterocycles. The Morgan fingerprint density at radius 3 is 2.58 bits per heavy atom. The number of nitrogens with zero attached hydrogens (tertiary/aromatic N) is 1. The third-order valence-electron chi connectivity index (χ3n) is 2.65. The van der Waals surface area contributed by atoms with Crippen molar-refractivity contribution in [2.45, 2.75) is 39.5 Å². The highest BCUT2D eigenvalue weighted by Crippen LogP contribution is 2.19. The molecule has 1 saturated heterocycles. The van der Waals surface area contributed by atoms with E-state index in [-0.39, 0.29) is 25.3 Å². The highest BCUT2D eigenvalue weighted by Gasteiger charge is 2.38. The van der Waals surface area contributed by atoms with Crippen molar-refractivity contribution in [3.63, 3.8) is 0 Å². The molecule has 0 spiro atoms. The van der Waals surface area contributed by atoms with Crippen molar-refractivity contribution in [1.82, 2.24) is 10.4 Å². The Balaban J connectivity index is 2.30. The maximum atomic E-state index is 11.5.